The SMILES string of the molecule is Fc1cc2c(cc1Br)[nH]c(=S)n2-c1ccc(Cl)c(Br)c1. The van der Waals surface area contributed by atoms with Crippen molar-refractivity contribution in [3.05, 3.63) is 54.9 Å². The van der Waals surface area contributed by atoms with Crippen LogP contribution in [0.3, 0.4) is 0 Å². The maximum Gasteiger partial charge on any atom is 0.182 e. The van der Waals surface area contributed by atoms with Crippen LogP contribution in [0.1, 0.15) is 0 Å². The molecule has 0 spiro atoms. The summed E-state index contributed by atoms with van der Waals surface area (Å²) in [6.45, 7) is 0. The highest BCUT2D eigenvalue weighted by molar-refractivity contribution is 9.10. The average Bonchev–Trinajstić information content (AvgIpc) is 2.69. The Bertz CT molecular complexity index is 888. The number of aromatic nitrogens is 2. The van der Waals surface area contributed by atoms with Crippen LogP contribution in [0.4, 0.5) is 4.39 Å². The number of nitrogens with one attached hydrogen (secondary N) is 1. The molecule has 3 aromatic rings. The number of H-pyrrole nitrogens is 1. The van der Waals surface area contributed by atoms with E-state index in [1.54, 1.807) is 16.7 Å². The number of fused-ring (bicyclic) bond motifs is 1. The molecule has 20 heavy (non-hydrogen) atoms. The highest BCUT2D eigenvalue weighted by Crippen LogP contribution is 2.29. The summed E-state index contributed by atoms with van der Waals surface area (Å²) in [6, 6.07) is 8.54. The predicted molar refractivity (Wildman–Crippen MR) is 88.8 cm³/mol. The number of benzene rings is 2. The summed E-state index contributed by atoms with van der Waals surface area (Å²) in [6.07, 6.45) is 0. The van der Waals surface area contributed by atoms with Gasteiger partial charge in [0.05, 0.1) is 20.5 Å². The molecule has 102 valence electrons. The molecular weight excluding hydrogens is 430 g/mol. The van der Waals surface area contributed by atoms with Crippen LogP contribution in [-0.2, 0) is 0 Å². The van der Waals surface area contributed by atoms with E-state index >= 15 is 0 Å². The van der Waals surface area contributed by atoms with Gasteiger partial charge in [0.2, 0.25) is 0 Å². The van der Waals surface area contributed by atoms with Crippen LogP contribution in [0.2, 0.25) is 5.02 Å². The first-order chi connectivity index (χ1) is 9.47. The van der Waals surface area contributed by atoms with Crippen LogP contribution >= 0.6 is 55.7 Å². The van der Waals surface area contributed by atoms with E-state index < -0.39 is 0 Å². The standard InChI is InChI=1S/C13H6Br2ClFN2S/c14-7-3-6(1-2-9(7)16)19-12-5-10(17)8(15)4-11(12)18-13(19)20/h1-5H,(H,18,20). The van der Waals surface area contributed by atoms with Crippen LogP contribution in [0.25, 0.3) is 16.7 Å². The zero-order chi connectivity index (χ0) is 14.4. The van der Waals surface area contributed by atoms with Crippen LogP contribution in [0, 0.1) is 10.6 Å². The van der Waals surface area contributed by atoms with Crippen molar-refractivity contribution in [2.24, 2.45) is 0 Å². The van der Waals surface area contributed by atoms with E-state index in [1.807, 2.05) is 12.1 Å². The van der Waals surface area contributed by atoms with Crippen molar-refractivity contribution in [1.29, 1.82) is 0 Å². The third-order valence-electron chi connectivity index (χ3n) is 2.89. The topological polar surface area (TPSA) is 20.7 Å². The lowest BCUT2D eigenvalue weighted by Crippen LogP contribution is -1.94. The second kappa shape index (κ2) is 5.26. The summed E-state index contributed by atoms with van der Waals surface area (Å²) in [7, 11) is 0. The van der Waals surface area contributed by atoms with Crippen LogP contribution in [0.5, 0.6) is 0 Å². The lowest BCUT2D eigenvalue weighted by molar-refractivity contribution is 0.622. The van der Waals surface area contributed by atoms with Gasteiger partial charge in [-0.15, -0.1) is 0 Å². The van der Waals surface area contributed by atoms with Crippen molar-refractivity contribution in [3.63, 3.8) is 0 Å². The zero-order valence-electron chi connectivity index (χ0n) is 9.75. The van der Waals surface area contributed by atoms with Gasteiger partial charge >= 0.3 is 0 Å². The smallest absolute Gasteiger partial charge is 0.182 e. The molecule has 0 fully saturated rings. The molecule has 0 saturated carbocycles. The Kier molecular flexibility index (Phi) is 3.75. The average molecular weight is 437 g/mol. The zero-order valence-corrected chi connectivity index (χ0v) is 14.5. The van der Waals surface area contributed by atoms with E-state index in [9.17, 15) is 4.39 Å². The van der Waals surface area contributed by atoms with Gasteiger partial charge < -0.3 is 4.98 Å². The van der Waals surface area contributed by atoms with Gasteiger partial charge in [0.25, 0.3) is 0 Å². The second-order valence-corrected chi connectivity index (χ2v) is 6.65. The Balaban J connectivity index is 2.35. The molecule has 1 aromatic heterocycles. The molecule has 0 aliphatic rings. The summed E-state index contributed by atoms with van der Waals surface area (Å²) in [5, 5.41) is 0.606. The van der Waals surface area contributed by atoms with E-state index in [0.29, 0.717) is 19.8 Å². The van der Waals surface area contributed by atoms with Gasteiger partial charge in [-0.05, 0) is 68.3 Å². The molecule has 0 saturated heterocycles. The normalized spacial score (nSPS) is 11.2. The van der Waals surface area contributed by atoms with Gasteiger partial charge in [-0.1, -0.05) is 11.6 Å². The fourth-order valence-corrected chi connectivity index (χ4v) is 3.12. The molecule has 2 aromatic carbocycles. The number of aromatic amines is 1. The number of hydrogen-bond donors (Lipinski definition) is 1. The molecule has 0 atom stereocenters. The number of imidazole rings is 1. The fourth-order valence-electron chi connectivity index (χ4n) is 1.98. The Labute approximate surface area is 140 Å². The summed E-state index contributed by atoms with van der Waals surface area (Å²) < 4.78 is 17.2. The first-order valence-corrected chi connectivity index (χ1v) is 7.90. The first-order valence-electron chi connectivity index (χ1n) is 5.52. The van der Waals surface area contributed by atoms with Crippen molar-refractivity contribution in [2.45, 2.75) is 0 Å². The van der Waals surface area contributed by atoms with E-state index in [0.717, 1.165) is 15.7 Å². The summed E-state index contributed by atoms with van der Waals surface area (Å²) in [4.78, 5) is 3.06. The number of halogens is 4. The molecule has 1 heterocycles. The number of rotatable bonds is 1. The monoisotopic (exact) mass is 434 g/mol. The van der Waals surface area contributed by atoms with Crippen LogP contribution in [-0.4, -0.2) is 9.55 Å². The molecule has 0 aliphatic carbocycles. The molecule has 1 N–H and O–H groups in total. The van der Waals surface area contributed by atoms with Crippen molar-refractivity contribution in [1.82, 2.24) is 9.55 Å². The molecule has 0 bridgehead atoms. The van der Waals surface area contributed by atoms with Crippen molar-refractivity contribution >= 4 is 66.7 Å². The third kappa shape index (κ3) is 2.35. The maximum atomic E-state index is 13.8. The van der Waals surface area contributed by atoms with Gasteiger partial charge in [0, 0.05) is 16.2 Å². The molecule has 3 rings (SSSR count). The van der Waals surface area contributed by atoms with Gasteiger partial charge in [0.15, 0.2) is 4.77 Å². The fraction of sp³-hybridized carbons (Fsp3) is 0. The lowest BCUT2D eigenvalue weighted by atomic mass is 10.2. The summed E-state index contributed by atoms with van der Waals surface area (Å²) in [5.41, 5.74) is 2.23. The van der Waals surface area contributed by atoms with Crippen molar-refractivity contribution in [3.8, 4) is 5.69 Å². The minimum absolute atomic E-state index is 0.340. The van der Waals surface area contributed by atoms with E-state index in [1.165, 1.54) is 6.07 Å². The quantitative estimate of drug-likeness (QED) is 0.464. The highest BCUT2D eigenvalue weighted by Gasteiger charge is 2.11. The van der Waals surface area contributed by atoms with Crippen molar-refractivity contribution < 1.29 is 4.39 Å². The van der Waals surface area contributed by atoms with Crippen LogP contribution in [0.15, 0.2) is 39.3 Å². The second-order valence-electron chi connectivity index (χ2n) is 4.15. The van der Waals surface area contributed by atoms with Gasteiger partial charge in [0.1, 0.15) is 5.82 Å². The molecular formula is C13H6Br2ClFN2S. The van der Waals surface area contributed by atoms with E-state index in [2.05, 4.69) is 36.8 Å². The predicted octanol–water partition coefficient (Wildman–Crippen LogP) is 6.01. The summed E-state index contributed by atoms with van der Waals surface area (Å²) >= 11 is 17.8. The molecule has 0 aliphatic heterocycles. The van der Waals surface area contributed by atoms with E-state index in [4.69, 9.17) is 23.8 Å². The molecule has 2 nitrogen and oxygen atoms in total. The number of nitrogens with zero attached hydrogens (tertiary/aromatic N) is 1. The van der Waals surface area contributed by atoms with Crippen LogP contribution < -0.4 is 0 Å². The first kappa shape index (κ1) is 14.3. The summed E-state index contributed by atoms with van der Waals surface area (Å²) in [5.74, 6) is -0.340. The third-order valence-corrected chi connectivity index (χ3v) is 4.99. The van der Waals surface area contributed by atoms with Crippen molar-refractivity contribution in [2.75, 3.05) is 0 Å². The van der Waals surface area contributed by atoms with Gasteiger partial charge in [-0.25, -0.2) is 4.39 Å². The van der Waals surface area contributed by atoms with Gasteiger partial charge in [-0.2, -0.15) is 0 Å². The Morgan fingerprint density at radius 3 is 2.60 bits per heavy atom. The molecule has 0 radical (unpaired) electrons. The van der Waals surface area contributed by atoms with Gasteiger partial charge in [-0.3, -0.25) is 4.57 Å². The Hall–Kier alpha value is -0.690. The Morgan fingerprint density at radius 1 is 1.15 bits per heavy atom. The largest absolute Gasteiger partial charge is 0.330 e. The minimum Gasteiger partial charge on any atom is -0.330 e. The maximum absolute atomic E-state index is 13.8. The molecule has 7 heteroatoms. The molecule has 0 unspecified atom stereocenters. The van der Waals surface area contributed by atoms with E-state index in [-0.39, 0.29) is 5.82 Å². The number of hydrogen-bond acceptors (Lipinski definition) is 1. The minimum atomic E-state index is -0.340. The molecule has 0 amide bonds. The highest BCUT2D eigenvalue weighted by atomic mass is 79.9. The Morgan fingerprint density at radius 2 is 1.90 bits per heavy atom. The lowest BCUT2D eigenvalue weighted by Gasteiger charge is -2.06.